The first-order valence-corrected chi connectivity index (χ1v) is 6.87. The lowest BCUT2D eigenvalue weighted by Gasteiger charge is -2.32. The van der Waals surface area contributed by atoms with Crippen molar-refractivity contribution in [2.75, 3.05) is 6.54 Å². The molecule has 1 amide bonds. The summed E-state index contributed by atoms with van der Waals surface area (Å²) in [7, 11) is 0. The van der Waals surface area contributed by atoms with Crippen LogP contribution in [0.3, 0.4) is 0 Å². The maximum absolute atomic E-state index is 12.1. The largest absolute Gasteiger partial charge is 0.444 e. The molecule has 2 rings (SSSR count). The molecular formula is C12H16N4O2S. The SMILES string of the molecule is CC(C)(C)OC(=O)N1Cc2sccc2C(N=[N+]=[N-])C1. The van der Waals surface area contributed by atoms with Crippen molar-refractivity contribution in [2.45, 2.75) is 39.0 Å². The maximum atomic E-state index is 12.1. The van der Waals surface area contributed by atoms with E-state index in [1.54, 1.807) is 16.2 Å². The van der Waals surface area contributed by atoms with Gasteiger partial charge < -0.3 is 9.64 Å². The van der Waals surface area contributed by atoms with Crippen LogP contribution in [-0.2, 0) is 11.3 Å². The number of hydrogen-bond donors (Lipinski definition) is 0. The topological polar surface area (TPSA) is 78.3 Å². The standard InChI is InChI=1S/C12H16N4O2S/c1-12(2,3)18-11(17)16-6-9(14-15-13)8-4-5-19-10(8)7-16/h4-5,9H,6-7H2,1-3H3. The molecule has 0 radical (unpaired) electrons. The molecule has 0 aromatic carbocycles. The molecule has 0 aliphatic carbocycles. The highest BCUT2D eigenvalue weighted by Crippen LogP contribution is 2.33. The third-order valence-electron chi connectivity index (χ3n) is 2.71. The molecule has 0 N–H and O–H groups in total. The van der Waals surface area contributed by atoms with Crippen LogP contribution < -0.4 is 0 Å². The Hall–Kier alpha value is -1.72. The van der Waals surface area contributed by atoms with Gasteiger partial charge in [0, 0.05) is 16.3 Å². The van der Waals surface area contributed by atoms with Crippen molar-refractivity contribution in [3.8, 4) is 0 Å². The van der Waals surface area contributed by atoms with Crippen molar-refractivity contribution in [1.29, 1.82) is 0 Å². The van der Waals surface area contributed by atoms with E-state index in [4.69, 9.17) is 10.3 Å². The third kappa shape index (κ3) is 3.19. The van der Waals surface area contributed by atoms with Crippen LogP contribution in [0.15, 0.2) is 16.6 Å². The number of thiophene rings is 1. The molecule has 1 aliphatic heterocycles. The summed E-state index contributed by atoms with van der Waals surface area (Å²) in [6.45, 7) is 6.37. The van der Waals surface area contributed by atoms with E-state index in [1.165, 1.54) is 0 Å². The van der Waals surface area contributed by atoms with Crippen LogP contribution in [0.5, 0.6) is 0 Å². The van der Waals surface area contributed by atoms with Gasteiger partial charge in [-0.1, -0.05) is 5.11 Å². The van der Waals surface area contributed by atoms with Gasteiger partial charge in [-0.05, 0) is 43.3 Å². The Bertz CT molecular complexity index is 528. The molecule has 1 aromatic heterocycles. The van der Waals surface area contributed by atoms with E-state index in [1.807, 2.05) is 32.2 Å². The number of azide groups is 1. The summed E-state index contributed by atoms with van der Waals surface area (Å²) in [6, 6.07) is 1.62. The quantitative estimate of drug-likeness (QED) is 0.445. The van der Waals surface area contributed by atoms with Crippen molar-refractivity contribution >= 4 is 17.4 Å². The van der Waals surface area contributed by atoms with Crippen molar-refractivity contribution in [2.24, 2.45) is 5.11 Å². The lowest BCUT2D eigenvalue weighted by Crippen LogP contribution is -2.40. The van der Waals surface area contributed by atoms with E-state index in [0.717, 1.165) is 10.4 Å². The second-order valence-corrected chi connectivity index (χ2v) is 6.38. The summed E-state index contributed by atoms with van der Waals surface area (Å²) in [4.78, 5) is 17.6. The van der Waals surface area contributed by atoms with Crippen molar-refractivity contribution < 1.29 is 9.53 Å². The highest BCUT2D eigenvalue weighted by molar-refractivity contribution is 7.10. The Kier molecular flexibility index (Phi) is 3.68. The Morgan fingerprint density at radius 1 is 1.63 bits per heavy atom. The Morgan fingerprint density at radius 2 is 2.37 bits per heavy atom. The minimum Gasteiger partial charge on any atom is -0.444 e. The fourth-order valence-electron chi connectivity index (χ4n) is 1.95. The van der Waals surface area contributed by atoms with Gasteiger partial charge in [0.2, 0.25) is 0 Å². The molecular weight excluding hydrogens is 264 g/mol. The molecule has 1 aliphatic rings. The number of carbonyl (C=O) groups is 1. The lowest BCUT2D eigenvalue weighted by molar-refractivity contribution is 0.0209. The second-order valence-electron chi connectivity index (χ2n) is 5.38. The van der Waals surface area contributed by atoms with Gasteiger partial charge in [-0.3, -0.25) is 0 Å². The van der Waals surface area contributed by atoms with E-state index in [9.17, 15) is 4.79 Å². The summed E-state index contributed by atoms with van der Waals surface area (Å²) >= 11 is 1.56. The van der Waals surface area contributed by atoms with E-state index >= 15 is 0 Å². The molecule has 2 heterocycles. The summed E-state index contributed by atoms with van der Waals surface area (Å²) < 4.78 is 5.35. The first-order chi connectivity index (χ1) is 8.90. The molecule has 0 spiro atoms. The normalized spacial score (nSPS) is 18.5. The number of fused-ring (bicyclic) bond motifs is 1. The molecule has 6 nitrogen and oxygen atoms in total. The molecule has 0 saturated heterocycles. The van der Waals surface area contributed by atoms with Gasteiger partial charge in [-0.25, -0.2) is 4.79 Å². The van der Waals surface area contributed by atoms with Gasteiger partial charge >= 0.3 is 6.09 Å². The summed E-state index contributed by atoms with van der Waals surface area (Å²) in [5.74, 6) is 0. The van der Waals surface area contributed by atoms with Crippen LogP contribution in [0.2, 0.25) is 0 Å². The van der Waals surface area contributed by atoms with Gasteiger partial charge in [0.1, 0.15) is 5.60 Å². The van der Waals surface area contributed by atoms with Crippen molar-refractivity contribution in [3.05, 3.63) is 32.3 Å². The highest BCUT2D eigenvalue weighted by Gasteiger charge is 2.31. The van der Waals surface area contributed by atoms with E-state index in [2.05, 4.69) is 10.0 Å². The zero-order chi connectivity index (χ0) is 14.0. The fraction of sp³-hybridized carbons (Fsp3) is 0.583. The Labute approximate surface area is 115 Å². The predicted octanol–water partition coefficient (Wildman–Crippen LogP) is 3.85. The number of ether oxygens (including phenoxy) is 1. The van der Waals surface area contributed by atoms with E-state index in [-0.39, 0.29) is 12.1 Å². The third-order valence-corrected chi connectivity index (χ3v) is 3.63. The van der Waals surface area contributed by atoms with E-state index in [0.29, 0.717) is 13.1 Å². The average Bonchev–Trinajstić information content (AvgIpc) is 2.75. The predicted molar refractivity (Wildman–Crippen MR) is 72.9 cm³/mol. The number of hydrogen-bond acceptors (Lipinski definition) is 4. The minimum atomic E-state index is -0.527. The first kappa shape index (κ1) is 13.7. The molecule has 0 bridgehead atoms. The first-order valence-electron chi connectivity index (χ1n) is 5.99. The molecule has 0 saturated carbocycles. The zero-order valence-electron chi connectivity index (χ0n) is 11.2. The molecule has 1 unspecified atom stereocenters. The van der Waals surface area contributed by atoms with Gasteiger partial charge in [0.25, 0.3) is 0 Å². The smallest absolute Gasteiger partial charge is 0.410 e. The minimum absolute atomic E-state index is 0.326. The van der Waals surface area contributed by atoms with E-state index < -0.39 is 5.60 Å². The summed E-state index contributed by atoms with van der Waals surface area (Å²) in [5, 5.41) is 5.71. The second kappa shape index (κ2) is 5.11. The van der Waals surface area contributed by atoms with Gasteiger partial charge in [0.15, 0.2) is 0 Å². The van der Waals surface area contributed by atoms with Gasteiger partial charge in [0.05, 0.1) is 12.6 Å². The molecule has 19 heavy (non-hydrogen) atoms. The van der Waals surface area contributed by atoms with Crippen LogP contribution >= 0.6 is 11.3 Å². The monoisotopic (exact) mass is 280 g/mol. The molecule has 0 fully saturated rings. The molecule has 7 heteroatoms. The maximum Gasteiger partial charge on any atom is 0.410 e. The fourth-order valence-corrected chi connectivity index (χ4v) is 2.90. The number of nitrogens with zero attached hydrogens (tertiary/aromatic N) is 4. The number of carbonyl (C=O) groups excluding carboxylic acids is 1. The highest BCUT2D eigenvalue weighted by atomic mass is 32.1. The van der Waals surface area contributed by atoms with Crippen LogP contribution in [-0.4, -0.2) is 23.1 Å². The van der Waals surface area contributed by atoms with Gasteiger partial charge in [-0.2, -0.15) is 0 Å². The average molecular weight is 280 g/mol. The van der Waals surface area contributed by atoms with Crippen LogP contribution in [0.1, 0.15) is 37.3 Å². The van der Waals surface area contributed by atoms with Crippen LogP contribution in [0.4, 0.5) is 4.79 Å². The van der Waals surface area contributed by atoms with Crippen LogP contribution in [0.25, 0.3) is 10.4 Å². The number of amides is 1. The lowest BCUT2D eigenvalue weighted by atomic mass is 10.0. The molecule has 1 aromatic rings. The summed E-state index contributed by atoms with van der Waals surface area (Å²) in [5.41, 5.74) is 9.11. The van der Waals surface area contributed by atoms with Gasteiger partial charge in [-0.15, -0.1) is 11.3 Å². The van der Waals surface area contributed by atoms with Crippen molar-refractivity contribution in [1.82, 2.24) is 4.90 Å². The Morgan fingerprint density at radius 3 is 3.00 bits per heavy atom. The summed E-state index contributed by atoms with van der Waals surface area (Å²) in [6.07, 6.45) is -0.371. The zero-order valence-corrected chi connectivity index (χ0v) is 12.0. The van der Waals surface area contributed by atoms with Crippen molar-refractivity contribution in [3.63, 3.8) is 0 Å². The molecule has 102 valence electrons. The molecule has 1 atom stereocenters. The van der Waals surface area contributed by atoms with Crippen LogP contribution in [0, 0.1) is 0 Å². The Balaban J connectivity index is 2.18. The number of rotatable bonds is 1.